The van der Waals surface area contributed by atoms with E-state index in [9.17, 15) is 0 Å². The predicted molar refractivity (Wildman–Crippen MR) is 121 cm³/mol. The quantitative estimate of drug-likeness (QED) is 0.497. The van der Waals surface area contributed by atoms with Crippen molar-refractivity contribution in [3.05, 3.63) is 60.6 Å². The monoisotopic (exact) mass is 427 g/mol. The first-order valence-corrected chi connectivity index (χ1v) is 11.0. The van der Waals surface area contributed by atoms with Gasteiger partial charge in [-0.05, 0) is 20.4 Å². The number of aromatic nitrogens is 7. The van der Waals surface area contributed by atoms with Crippen molar-refractivity contribution < 1.29 is 0 Å². The molecule has 0 radical (unpaired) electrons. The van der Waals surface area contributed by atoms with Gasteiger partial charge in [0, 0.05) is 37.6 Å². The van der Waals surface area contributed by atoms with Crippen LogP contribution in [0.25, 0.3) is 23.0 Å². The van der Waals surface area contributed by atoms with Gasteiger partial charge in [-0.1, -0.05) is 37.3 Å². The Morgan fingerprint density at radius 1 is 1.06 bits per heavy atom. The third-order valence-corrected chi connectivity index (χ3v) is 6.70. The van der Waals surface area contributed by atoms with Crippen molar-refractivity contribution in [2.75, 3.05) is 31.6 Å². The molecule has 9 heteroatoms. The second-order valence-electron chi connectivity index (χ2n) is 8.55. The van der Waals surface area contributed by atoms with Crippen LogP contribution in [-0.4, -0.2) is 65.9 Å². The molecule has 1 aromatic carbocycles. The molecule has 4 aromatic rings. The standard InChI is InChI=1S/C23H25N9/c1-4-23-15-29(3)12-13-31(23)20-18(32-16(2)27-28-21(23)32)14-25-22(26-20)30-11-10-24-19(30)17-8-6-5-7-9-17/h5-11,14H,4,12-13,15H2,1-3H3/t23-/m1/s1. The number of likely N-dealkylation sites (N-methyl/N-ethyl adjacent to an activating group) is 1. The second kappa shape index (κ2) is 6.96. The molecule has 1 saturated heterocycles. The van der Waals surface area contributed by atoms with Crippen molar-refractivity contribution in [1.29, 1.82) is 0 Å². The first kappa shape index (κ1) is 19.1. The normalized spacial score (nSPS) is 20.0. The Morgan fingerprint density at radius 3 is 2.72 bits per heavy atom. The molecule has 0 saturated carbocycles. The molecule has 0 amide bonds. The number of hydrogen-bond donors (Lipinski definition) is 0. The predicted octanol–water partition coefficient (Wildman–Crippen LogP) is 2.59. The Kier molecular flexibility index (Phi) is 4.16. The van der Waals surface area contributed by atoms with Gasteiger partial charge < -0.3 is 9.80 Å². The van der Waals surface area contributed by atoms with Gasteiger partial charge >= 0.3 is 0 Å². The number of piperazine rings is 1. The minimum Gasteiger partial charge on any atom is -0.339 e. The minimum atomic E-state index is -0.274. The summed E-state index contributed by atoms with van der Waals surface area (Å²) in [6.45, 7) is 6.92. The molecule has 0 spiro atoms. The lowest BCUT2D eigenvalue weighted by Gasteiger charge is -2.52. The number of imidazole rings is 1. The van der Waals surface area contributed by atoms with Crippen LogP contribution in [0.1, 0.15) is 25.0 Å². The Labute approximate surface area is 186 Å². The molecule has 9 nitrogen and oxygen atoms in total. The highest BCUT2D eigenvalue weighted by Crippen LogP contribution is 2.44. The van der Waals surface area contributed by atoms with Gasteiger partial charge in [-0.25, -0.2) is 9.97 Å². The fourth-order valence-electron chi connectivity index (χ4n) is 5.10. The second-order valence-corrected chi connectivity index (χ2v) is 8.55. The molecular formula is C23H25N9. The van der Waals surface area contributed by atoms with Gasteiger partial charge in [0.15, 0.2) is 11.6 Å². The molecule has 1 fully saturated rings. The molecule has 5 heterocycles. The Balaban J connectivity index is 1.55. The summed E-state index contributed by atoms with van der Waals surface area (Å²) in [6, 6.07) is 10.1. The van der Waals surface area contributed by atoms with E-state index in [1.54, 1.807) is 6.20 Å². The number of anilines is 1. The number of fused-ring (bicyclic) bond motifs is 6. The highest BCUT2D eigenvalue weighted by molar-refractivity contribution is 5.65. The van der Waals surface area contributed by atoms with Crippen LogP contribution in [0.3, 0.4) is 0 Å². The van der Waals surface area contributed by atoms with E-state index in [0.717, 1.165) is 60.6 Å². The third-order valence-electron chi connectivity index (χ3n) is 6.70. The largest absolute Gasteiger partial charge is 0.339 e. The maximum atomic E-state index is 5.11. The van der Waals surface area contributed by atoms with E-state index in [-0.39, 0.29) is 5.54 Å². The molecule has 162 valence electrons. The third kappa shape index (κ3) is 2.57. The number of nitrogens with zero attached hydrogens (tertiary/aromatic N) is 9. The fourth-order valence-corrected chi connectivity index (χ4v) is 5.10. The number of aryl methyl sites for hydroxylation is 1. The maximum Gasteiger partial charge on any atom is 0.237 e. The summed E-state index contributed by atoms with van der Waals surface area (Å²) in [5.41, 5.74) is 1.68. The van der Waals surface area contributed by atoms with E-state index in [2.05, 4.69) is 43.5 Å². The lowest BCUT2D eigenvalue weighted by Crippen LogP contribution is -2.62. The molecule has 2 aliphatic rings. The smallest absolute Gasteiger partial charge is 0.237 e. The Morgan fingerprint density at radius 2 is 1.91 bits per heavy atom. The van der Waals surface area contributed by atoms with Crippen LogP contribution in [0, 0.1) is 6.92 Å². The van der Waals surface area contributed by atoms with Crippen LogP contribution >= 0.6 is 0 Å². The van der Waals surface area contributed by atoms with Crippen LogP contribution in [-0.2, 0) is 5.54 Å². The van der Waals surface area contributed by atoms with Crippen LogP contribution in [0.15, 0.2) is 48.9 Å². The van der Waals surface area contributed by atoms with Gasteiger partial charge in [0.05, 0.1) is 6.20 Å². The van der Waals surface area contributed by atoms with Crippen LogP contribution in [0.2, 0.25) is 0 Å². The van der Waals surface area contributed by atoms with Crippen molar-refractivity contribution in [3.63, 3.8) is 0 Å². The first-order valence-electron chi connectivity index (χ1n) is 11.0. The number of hydrogen-bond acceptors (Lipinski definition) is 7. The molecule has 32 heavy (non-hydrogen) atoms. The van der Waals surface area contributed by atoms with Crippen LogP contribution < -0.4 is 4.90 Å². The van der Waals surface area contributed by atoms with Crippen LogP contribution in [0.4, 0.5) is 5.82 Å². The summed E-state index contributed by atoms with van der Waals surface area (Å²) in [7, 11) is 2.17. The molecular weight excluding hydrogens is 402 g/mol. The van der Waals surface area contributed by atoms with Crippen molar-refractivity contribution in [2.45, 2.75) is 25.8 Å². The van der Waals surface area contributed by atoms with Crippen molar-refractivity contribution in [2.24, 2.45) is 0 Å². The molecule has 0 aliphatic carbocycles. The average molecular weight is 428 g/mol. The van der Waals surface area contributed by atoms with E-state index in [1.165, 1.54) is 0 Å². The average Bonchev–Trinajstić information content (AvgIpc) is 3.47. The molecule has 0 bridgehead atoms. The molecule has 6 rings (SSSR count). The van der Waals surface area contributed by atoms with E-state index >= 15 is 0 Å². The fraction of sp³-hybridized carbons (Fsp3) is 0.348. The van der Waals surface area contributed by atoms with E-state index in [4.69, 9.17) is 9.97 Å². The lowest BCUT2D eigenvalue weighted by molar-refractivity contribution is 0.172. The topological polar surface area (TPSA) is 80.8 Å². The van der Waals surface area contributed by atoms with Crippen molar-refractivity contribution >= 4 is 5.82 Å². The number of benzene rings is 1. The zero-order valence-corrected chi connectivity index (χ0v) is 18.5. The molecule has 1 atom stereocenters. The van der Waals surface area contributed by atoms with E-state index in [1.807, 2.05) is 54.2 Å². The van der Waals surface area contributed by atoms with E-state index < -0.39 is 0 Å². The number of rotatable bonds is 3. The lowest BCUT2D eigenvalue weighted by atomic mass is 9.87. The summed E-state index contributed by atoms with van der Waals surface area (Å²) in [5, 5.41) is 9.05. The van der Waals surface area contributed by atoms with Crippen molar-refractivity contribution in [1.82, 2.24) is 39.2 Å². The zero-order chi connectivity index (χ0) is 21.9. The molecule has 0 N–H and O–H groups in total. The van der Waals surface area contributed by atoms with Crippen LogP contribution in [0.5, 0.6) is 0 Å². The van der Waals surface area contributed by atoms with Gasteiger partial charge in [0.1, 0.15) is 22.9 Å². The highest BCUT2D eigenvalue weighted by atomic mass is 15.4. The van der Waals surface area contributed by atoms with Gasteiger partial charge in [0.2, 0.25) is 5.95 Å². The van der Waals surface area contributed by atoms with E-state index in [0.29, 0.717) is 5.95 Å². The van der Waals surface area contributed by atoms with Gasteiger partial charge in [-0.3, -0.25) is 9.13 Å². The summed E-state index contributed by atoms with van der Waals surface area (Å²) in [6.07, 6.45) is 6.51. The Bertz CT molecular complexity index is 1290. The van der Waals surface area contributed by atoms with Gasteiger partial charge in [-0.2, -0.15) is 4.98 Å². The molecule has 2 aliphatic heterocycles. The summed E-state index contributed by atoms with van der Waals surface area (Å²) >= 11 is 0. The zero-order valence-electron chi connectivity index (χ0n) is 18.5. The minimum absolute atomic E-state index is 0.274. The maximum absolute atomic E-state index is 5.11. The molecule has 3 aromatic heterocycles. The summed E-state index contributed by atoms with van der Waals surface area (Å²) in [5.74, 6) is 4.18. The van der Waals surface area contributed by atoms with Gasteiger partial charge in [-0.15, -0.1) is 10.2 Å². The highest BCUT2D eigenvalue weighted by Gasteiger charge is 2.50. The summed E-state index contributed by atoms with van der Waals surface area (Å²) in [4.78, 5) is 19.2. The SMILES string of the molecule is CC[C@]12CN(C)CCN1c1nc(-n3ccnc3-c3ccccc3)ncc1-n1c(C)nnc12. The van der Waals surface area contributed by atoms with Gasteiger partial charge in [0.25, 0.3) is 0 Å². The van der Waals surface area contributed by atoms with Crippen molar-refractivity contribution in [3.8, 4) is 23.0 Å². The summed E-state index contributed by atoms with van der Waals surface area (Å²) < 4.78 is 4.08. The Hall–Kier alpha value is -3.59. The molecule has 0 unspecified atom stereocenters. The first-order chi connectivity index (χ1) is 15.6.